The molecule has 1 rings (SSSR count). The molecule has 1 atom stereocenters. The third-order valence-corrected chi connectivity index (χ3v) is 1.98. The van der Waals surface area contributed by atoms with E-state index < -0.39 is 0 Å². The fourth-order valence-corrected chi connectivity index (χ4v) is 1.21. The first-order chi connectivity index (χ1) is 4.80. The van der Waals surface area contributed by atoms with Crippen molar-refractivity contribution in [3.05, 3.63) is 5.32 Å². The number of rotatable bonds is 0. The van der Waals surface area contributed by atoms with Crippen LogP contribution in [0, 0.1) is 5.92 Å². The molecule has 1 heterocycles. The van der Waals surface area contributed by atoms with E-state index >= 15 is 0 Å². The standard InChI is InChI=1S/C8H15NO.Rb/c1-7-5-3-2-4-6-9-8(7)10;/h7H,2-6H2,1H3,(H,9,10);/q;+1/p-1. The fourth-order valence-electron chi connectivity index (χ4n) is 1.21. The predicted octanol–water partition coefficient (Wildman–Crippen LogP) is -0.899. The van der Waals surface area contributed by atoms with Gasteiger partial charge in [0.25, 0.3) is 0 Å². The van der Waals surface area contributed by atoms with Crippen LogP contribution in [-0.2, 0) is 4.79 Å². The molecule has 0 aliphatic carbocycles. The second kappa shape index (κ2) is 6.75. The number of carbonyl (C=O) groups is 1. The van der Waals surface area contributed by atoms with Crippen molar-refractivity contribution in [2.45, 2.75) is 32.6 Å². The molecule has 0 aromatic rings. The van der Waals surface area contributed by atoms with Gasteiger partial charge in [0.2, 0.25) is 0 Å². The van der Waals surface area contributed by atoms with Crippen molar-refractivity contribution < 1.29 is 63.0 Å². The van der Waals surface area contributed by atoms with E-state index in [1.807, 2.05) is 6.92 Å². The molecule has 0 saturated carbocycles. The van der Waals surface area contributed by atoms with Gasteiger partial charge < -0.3 is 10.1 Å². The summed E-state index contributed by atoms with van der Waals surface area (Å²) in [6, 6.07) is 0. The zero-order valence-electron chi connectivity index (χ0n) is 7.47. The summed E-state index contributed by atoms with van der Waals surface area (Å²) >= 11 is 0. The summed E-state index contributed by atoms with van der Waals surface area (Å²) in [6.45, 7) is 2.72. The molecule has 2 nitrogen and oxygen atoms in total. The molecule has 1 saturated heterocycles. The van der Waals surface area contributed by atoms with Crippen molar-refractivity contribution >= 4 is 5.91 Å². The topological polar surface area (TPSA) is 31.2 Å². The summed E-state index contributed by atoms with van der Waals surface area (Å²) in [4.78, 5) is 11.0. The van der Waals surface area contributed by atoms with Gasteiger partial charge in [0.1, 0.15) is 0 Å². The molecule has 0 spiro atoms. The van der Waals surface area contributed by atoms with Gasteiger partial charge in [-0.15, -0.1) is 6.54 Å². The third kappa shape index (κ3) is 4.76. The molecule has 1 unspecified atom stereocenters. The Bertz CT molecular complexity index is 127. The maximum Gasteiger partial charge on any atom is 1.00 e. The second-order valence-corrected chi connectivity index (χ2v) is 2.97. The molecule has 1 amide bonds. The number of carbonyl (C=O) groups excluding carboxylic acids is 1. The summed E-state index contributed by atoms with van der Waals surface area (Å²) in [7, 11) is 0. The van der Waals surface area contributed by atoms with E-state index in [-0.39, 0.29) is 70.0 Å². The molecule has 3 heteroatoms. The first kappa shape index (κ1) is 12.3. The normalized spacial score (nSPS) is 25.9. The largest absolute Gasteiger partial charge is 1.00 e. The van der Waals surface area contributed by atoms with Gasteiger partial charge in [-0.1, -0.05) is 26.2 Å². The van der Waals surface area contributed by atoms with Crippen molar-refractivity contribution in [3.63, 3.8) is 0 Å². The van der Waals surface area contributed by atoms with Gasteiger partial charge in [-0.05, 0) is 12.3 Å². The van der Waals surface area contributed by atoms with Crippen molar-refractivity contribution in [2.75, 3.05) is 6.54 Å². The van der Waals surface area contributed by atoms with Gasteiger partial charge in [-0.3, -0.25) is 0 Å². The Hall–Kier alpha value is 1.28. The van der Waals surface area contributed by atoms with Crippen LogP contribution in [0.25, 0.3) is 5.32 Å². The number of hydrogen-bond donors (Lipinski definition) is 0. The predicted molar refractivity (Wildman–Crippen MR) is 40.9 cm³/mol. The average Bonchev–Trinajstić information content (AvgIpc) is 1.92. The molecule has 0 aromatic heterocycles. The molecular weight excluding hydrogens is 212 g/mol. The summed E-state index contributed by atoms with van der Waals surface area (Å²) in [5, 5.41) is 3.93. The minimum atomic E-state index is 0. The Kier molecular flexibility index (Phi) is 7.54. The van der Waals surface area contributed by atoms with Crippen LogP contribution in [0.4, 0.5) is 0 Å². The fraction of sp³-hybridized carbons (Fsp3) is 0.875. The van der Waals surface area contributed by atoms with Crippen LogP contribution in [0.2, 0.25) is 0 Å². The molecule has 1 aliphatic rings. The van der Waals surface area contributed by atoms with Crippen molar-refractivity contribution in [1.29, 1.82) is 0 Å². The molecule has 11 heavy (non-hydrogen) atoms. The van der Waals surface area contributed by atoms with Gasteiger partial charge in [-0.25, -0.2) is 0 Å². The zero-order chi connectivity index (χ0) is 7.40. The van der Waals surface area contributed by atoms with Gasteiger partial charge in [0.05, 0.1) is 5.91 Å². The Morgan fingerprint density at radius 2 is 2.09 bits per heavy atom. The van der Waals surface area contributed by atoms with Gasteiger partial charge in [-0.2, -0.15) is 0 Å². The van der Waals surface area contributed by atoms with Crippen molar-refractivity contribution in [2.24, 2.45) is 5.92 Å². The van der Waals surface area contributed by atoms with Crippen LogP contribution in [-0.4, -0.2) is 12.5 Å². The molecule has 0 bridgehead atoms. The van der Waals surface area contributed by atoms with E-state index in [0.717, 1.165) is 19.4 Å². The van der Waals surface area contributed by atoms with Gasteiger partial charge in [0, 0.05) is 0 Å². The monoisotopic (exact) mass is 225 g/mol. The summed E-state index contributed by atoms with van der Waals surface area (Å²) in [6.07, 6.45) is 4.56. The Morgan fingerprint density at radius 1 is 1.36 bits per heavy atom. The summed E-state index contributed by atoms with van der Waals surface area (Å²) in [5.41, 5.74) is 0. The van der Waals surface area contributed by atoms with Crippen LogP contribution in [0.15, 0.2) is 0 Å². The summed E-state index contributed by atoms with van der Waals surface area (Å²) in [5.74, 6) is 0.292. The second-order valence-electron chi connectivity index (χ2n) is 2.97. The smallest absolute Gasteiger partial charge is 0.653 e. The number of hydrogen-bond acceptors (Lipinski definition) is 1. The molecular formula is C8H14NORb. The Balaban J connectivity index is 0.000001000. The number of amides is 1. The van der Waals surface area contributed by atoms with E-state index in [2.05, 4.69) is 5.32 Å². The third-order valence-electron chi connectivity index (χ3n) is 1.98. The molecule has 58 valence electrons. The minimum Gasteiger partial charge on any atom is -0.653 e. The van der Waals surface area contributed by atoms with Crippen molar-refractivity contribution in [1.82, 2.24) is 0 Å². The SMILES string of the molecule is CC1CCCCC[N-]C1=O.[Rb+]. The molecule has 0 aromatic carbocycles. The number of nitrogens with zero attached hydrogens (tertiary/aromatic N) is 1. The molecule has 0 N–H and O–H groups in total. The zero-order valence-corrected chi connectivity index (χ0v) is 12.4. The first-order valence-electron chi connectivity index (χ1n) is 4.02. The molecule has 1 aliphatic heterocycles. The van der Waals surface area contributed by atoms with Crippen LogP contribution < -0.4 is 58.2 Å². The average molecular weight is 226 g/mol. The quantitative estimate of drug-likeness (QED) is 0.526. The maximum atomic E-state index is 11.0. The first-order valence-corrected chi connectivity index (χ1v) is 4.02. The van der Waals surface area contributed by atoms with E-state index in [1.54, 1.807) is 0 Å². The maximum absolute atomic E-state index is 11.0. The molecule has 0 radical (unpaired) electrons. The van der Waals surface area contributed by atoms with Crippen LogP contribution in [0.5, 0.6) is 0 Å². The van der Waals surface area contributed by atoms with Crippen molar-refractivity contribution in [3.8, 4) is 0 Å². The molecule has 1 fully saturated rings. The minimum absolute atomic E-state index is 0. The van der Waals surface area contributed by atoms with E-state index in [1.165, 1.54) is 12.8 Å². The van der Waals surface area contributed by atoms with Gasteiger partial charge in [0.15, 0.2) is 0 Å². The van der Waals surface area contributed by atoms with Gasteiger partial charge >= 0.3 is 58.2 Å². The van der Waals surface area contributed by atoms with Crippen LogP contribution in [0.1, 0.15) is 32.6 Å². The van der Waals surface area contributed by atoms with E-state index in [9.17, 15) is 4.79 Å². The Morgan fingerprint density at radius 3 is 2.82 bits per heavy atom. The van der Waals surface area contributed by atoms with E-state index in [4.69, 9.17) is 0 Å². The van der Waals surface area contributed by atoms with E-state index in [0.29, 0.717) is 0 Å². The van der Waals surface area contributed by atoms with Crippen LogP contribution >= 0.6 is 0 Å². The Labute approximate surface area is 117 Å². The summed E-state index contributed by atoms with van der Waals surface area (Å²) < 4.78 is 0. The van der Waals surface area contributed by atoms with Crippen LogP contribution in [0.3, 0.4) is 0 Å².